The number of hydrogen-bond acceptors (Lipinski definition) is 4. The van der Waals surface area contributed by atoms with E-state index in [0.717, 1.165) is 0 Å². The minimum Gasteiger partial charge on any atom is -0.370 e. The zero-order valence-electron chi connectivity index (χ0n) is 7.79. The topological polar surface area (TPSA) is 87.6 Å². The van der Waals surface area contributed by atoms with Crippen LogP contribution in [0.15, 0.2) is 0 Å². The van der Waals surface area contributed by atoms with Gasteiger partial charge in [-0.25, -0.2) is 0 Å². The molecule has 1 saturated heterocycles. The fraction of sp³-hybridized carbons (Fsp3) is 0.875. The molecule has 1 unspecified atom stereocenters. The van der Waals surface area contributed by atoms with Gasteiger partial charge in [-0.05, 0) is 6.92 Å². The lowest BCUT2D eigenvalue weighted by atomic mass is 10.1. The highest BCUT2D eigenvalue weighted by Crippen LogP contribution is 2.24. The zero-order valence-corrected chi connectivity index (χ0v) is 7.79. The van der Waals surface area contributed by atoms with Gasteiger partial charge in [0.05, 0.1) is 13.2 Å². The van der Waals surface area contributed by atoms with Crippen LogP contribution in [0.5, 0.6) is 0 Å². The number of carbonyl (C=O) groups is 1. The quantitative estimate of drug-likeness (QED) is 0.613. The first-order valence-corrected chi connectivity index (χ1v) is 4.34. The predicted molar refractivity (Wildman–Crippen MR) is 46.7 cm³/mol. The molecule has 1 fully saturated rings. The van der Waals surface area contributed by atoms with Gasteiger partial charge >= 0.3 is 0 Å². The molecular weight excluding hydrogens is 172 g/mol. The lowest BCUT2D eigenvalue weighted by molar-refractivity contribution is -0.150. The average molecular weight is 188 g/mol. The fourth-order valence-electron chi connectivity index (χ4n) is 1.48. The van der Waals surface area contributed by atoms with E-state index in [-0.39, 0.29) is 12.5 Å². The largest absolute Gasteiger partial charge is 0.370 e. The summed E-state index contributed by atoms with van der Waals surface area (Å²) >= 11 is 0. The van der Waals surface area contributed by atoms with E-state index >= 15 is 0 Å². The van der Waals surface area contributed by atoms with E-state index in [1.54, 1.807) is 0 Å². The van der Waals surface area contributed by atoms with Gasteiger partial charge in [-0.1, -0.05) is 0 Å². The third kappa shape index (κ3) is 3.30. The van der Waals surface area contributed by atoms with Crippen LogP contribution in [0, 0.1) is 0 Å². The molecule has 0 spiro atoms. The molecule has 4 N–H and O–H groups in total. The Bertz CT molecular complexity index is 190. The number of amides is 1. The van der Waals surface area contributed by atoms with Crippen molar-refractivity contribution in [3.63, 3.8) is 0 Å². The maximum absolute atomic E-state index is 10.5. The summed E-state index contributed by atoms with van der Waals surface area (Å²) in [5.74, 6) is -1.02. The Labute approximate surface area is 77.4 Å². The maximum atomic E-state index is 10.5. The summed E-state index contributed by atoms with van der Waals surface area (Å²) in [6.07, 6.45) is 0.665. The van der Waals surface area contributed by atoms with Gasteiger partial charge in [-0.2, -0.15) is 0 Å². The lowest BCUT2D eigenvalue weighted by Crippen LogP contribution is -2.37. The van der Waals surface area contributed by atoms with Gasteiger partial charge < -0.3 is 20.9 Å². The van der Waals surface area contributed by atoms with Crippen LogP contribution < -0.4 is 11.5 Å². The second-order valence-corrected chi connectivity index (χ2v) is 3.47. The second-order valence-electron chi connectivity index (χ2n) is 3.47. The van der Waals surface area contributed by atoms with E-state index in [1.807, 2.05) is 6.92 Å². The van der Waals surface area contributed by atoms with E-state index in [0.29, 0.717) is 19.6 Å². The van der Waals surface area contributed by atoms with Gasteiger partial charge in [-0.15, -0.1) is 0 Å². The molecule has 0 aliphatic carbocycles. The molecule has 0 bridgehead atoms. The first kappa shape index (κ1) is 10.4. The van der Waals surface area contributed by atoms with Gasteiger partial charge in [0.1, 0.15) is 0 Å². The van der Waals surface area contributed by atoms with Crippen LogP contribution in [0.1, 0.15) is 19.8 Å². The van der Waals surface area contributed by atoms with Crippen LogP contribution in [0.25, 0.3) is 0 Å². The first-order chi connectivity index (χ1) is 6.02. The van der Waals surface area contributed by atoms with Crippen LogP contribution in [-0.4, -0.2) is 30.9 Å². The van der Waals surface area contributed by atoms with Crippen LogP contribution >= 0.6 is 0 Å². The molecule has 76 valence electrons. The van der Waals surface area contributed by atoms with E-state index in [4.69, 9.17) is 20.9 Å². The van der Waals surface area contributed by atoms with Crippen LogP contribution in [0.4, 0.5) is 0 Å². The minimum atomic E-state index is -0.630. The average Bonchev–Trinajstić information content (AvgIpc) is 2.33. The number of ether oxygens (including phenoxy) is 2. The molecule has 1 heterocycles. The Hall–Kier alpha value is -0.650. The third-order valence-corrected chi connectivity index (χ3v) is 1.99. The van der Waals surface area contributed by atoms with Gasteiger partial charge in [0.15, 0.2) is 5.79 Å². The van der Waals surface area contributed by atoms with Crippen LogP contribution in [-0.2, 0) is 14.3 Å². The molecule has 0 saturated carbocycles. The Morgan fingerprint density at radius 3 is 2.54 bits per heavy atom. The highest BCUT2D eigenvalue weighted by Gasteiger charge is 2.33. The molecule has 1 aliphatic heterocycles. The molecule has 13 heavy (non-hydrogen) atoms. The van der Waals surface area contributed by atoms with Crippen molar-refractivity contribution in [3.05, 3.63) is 0 Å². The molecule has 5 nitrogen and oxygen atoms in total. The number of nitrogens with two attached hydrogens (primary N) is 2. The van der Waals surface area contributed by atoms with E-state index in [1.165, 1.54) is 0 Å². The Balaban J connectivity index is 2.33. The van der Waals surface area contributed by atoms with Crippen molar-refractivity contribution < 1.29 is 14.3 Å². The van der Waals surface area contributed by atoms with Gasteiger partial charge in [0.2, 0.25) is 5.91 Å². The predicted octanol–water partition coefficient (Wildman–Crippen LogP) is -0.658. The first-order valence-electron chi connectivity index (χ1n) is 4.34. The van der Waals surface area contributed by atoms with E-state index in [9.17, 15) is 4.79 Å². The molecular formula is C8H16N2O3. The normalized spacial score (nSPS) is 22.9. The summed E-state index contributed by atoms with van der Waals surface area (Å²) in [6.45, 7) is 2.99. The molecule has 0 aromatic rings. The zero-order chi connectivity index (χ0) is 9.90. The third-order valence-electron chi connectivity index (χ3n) is 1.99. The van der Waals surface area contributed by atoms with E-state index in [2.05, 4.69) is 0 Å². The number of hydrogen-bond donors (Lipinski definition) is 2. The summed E-state index contributed by atoms with van der Waals surface area (Å²) in [4.78, 5) is 10.5. The van der Waals surface area contributed by atoms with Gasteiger partial charge in [-0.3, -0.25) is 4.79 Å². The SMILES string of the molecule is CC1(CC(N)CC(N)=O)OCCO1. The standard InChI is InChI=1S/C8H16N2O3/c1-8(12-2-3-13-8)5-6(9)4-7(10)11/h6H,2-5,9H2,1H3,(H2,10,11). The summed E-state index contributed by atoms with van der Waals surface area (Å²) < 4.78 is 10.7. The summed E-state index contributed by atoms with van der Waals surface area (Å²) in [5.41, 5.74) is 10.7. The Morgan fingerprint density at radius 1 is 1.54 bits per heavy atom. The smallest absolute Gasteiger partial charge is 0.218 e. The van der Waals surface area contributed by atoms with Crippen molar-refractivity contribution in [1.82, 2.24) is 0 Å². The molecule has 5 heteroatoms. The molecule has 1 amide bonds. The highest BCUT2D eigenvalue weighted by atomic mass is 16.7. The number of rotatable bonds is 4. The van der Waals surface area contributed by atoms with Crippen molar-refractivity contribution >= 4 is 5.91 Å². The van der Waals surface area contributed by atoms with Crippen molar-refractivity contribution in [2.45, 2.75) is 31.6 Å². The van der Waals surface area contributed by atoms with Crippen molar-refractivity contribution in [2.75, 3.05) is 13.2 Å². The molecule has 0 aromatic heterocycles. The van der Waals surface area contributed by atoms with Gasteiger partial charge in [0.25, 0.3) is 0 Å². The number of carbonyl (C=O) groups excluding carboxylic acids is 1. The monoisotopic (exact) mass is 188 g/mol. The van der Waals surface area contributed by atoms with Crippen molar-refractivity contribution in [3.8, 4) is 0 Å². The highest BCUT2D eigenvalue weighted by molar-refractivity contribution is 5.74. The van der Waals surface area contributed by atoms with E-state index < -0.39 is 11.7 Å². The van der Waals surface area contributed by atoms with Gasteiger partial charge in [0, 0.05) is 18.9 Å². The maximum Gasteiger partial charge on any atom is 0.218 e. The lowest BCUT2D eigenvalue weighted by Gasteiger charge is -2.25. The van der Waals surface area contributed by atoms with Crippen molar-refractivity contribution in [2.24, 2.45) is 11.5 Å². The summed E-state index contributed by atoms with van der Waals surface area (Å²) in [7, 11) is 0. The number of primary amides is 1. The van der Waals surface area contributed by atoms with Crippen molar-refractivity contribution in [1.29, 1.82) is 0 Å². The molecule has 0 radical (unpaired) electrons. The molecule has 1 atom stereocenters. The Morgan fingerprint density at radius 2 is 2.08 bits per heavy atom. The molecule has 1 aliphatic rings. The minimum absolute atomic E-state index is 0.169. The second kappa shape index (κ2) is 4.04. The Kier molecular flexibility index (Phi) is 3.24. The van der Waals surface area contributed by atoms with Crippen LogP contribution in [0.3, 0.4) is 0 Å². The molecule has 0 aromatic carbocycles. The molecule has 1 rings (SSSR count). The summed E-state index contributed by atoms with van der Waals surface area (Å²) in [6, 6.07) is -0.291. The summed E-state index contributed by atoms with van der Waals surface area (Å²) in [5, 5.41) is 0. The fourth-order valence-corrected chi connectivity index (χ4v) is 1.48. The van der Waals surface area contributed by atoms with Crippen LogP contribution in [0.2, 0.25) is 0 Å².